The predicted octanol–water partition coefficient (Wildman–Crippen LogP) is 5.88. The molecule has 0 unspecified atom stereocenters. The van der Waals surface area contributed by atoms with Crippen molar-refractivity contribution >= 4 is 23.4 Å². The van der Waals surface area contributed by atoms with Gasteiger partial charge < -0.3 is 5.32 Å². The number of amides is 1. The molecule has 1 atom stereocenters. The number of rotatable bonds is 8. The first kappa shape index (κ1) is 22.7. The maximum Gasteiger partial charge on any atom is 0.234 e. The van der Waals surface area contributed by atoms with E-state index in [1.807, 2.05) is 60.0 Å². The maximum absolute atomic E-state index is 12.6. The molecular weight excluding hydrogens is 430 g/mol. The van der Waals surface area contributed by atoms with Crippen LogP contribution in [0.2, 0.25) is 0 Å². The number of aryl methyl sites for hydroxylation is 1. The summed E-state index contributed by atoms with van der Waals surface area (Å²) < 4.78 is 1.97. The summed E-state index contributed by atoms with van der Waals surface area (Å²) in [4.78, 5) is 16.8. The highest BCUT2D eigenvalue weighted by molar-refractivity contribution is 7.99. The summed E-state index contributed by atoms with van der Waals surface area (Å²) in [5.74, 6) is 1.34. The Morgan fingerprint density at radius 2 is 1.82 bits per heavy atom. The third-order valence-electron chi connectivity index (χ3n) is 5.55. The molecule has 2 aromatic carbocycles. The van der Waals surface area contributed by atoms with E-state index in [1.165, 1.54) is 22.9 Å². The second-order valence-corrected chi connectivity index (χ2v) is 8.93. The lowest BCUT2D eigenvalue weighted by Crippen LogP contribution is -2.14. The standard InChI is InChI=1S/C26H27N5OS/c1-4-19(3)20-9-11-22(12-10-20)28-24(32)17-33-26-30-29-25(21-6-5-15-27-16-21)31(26)23-13-7-18(2)8-14-23/h5-16,19H,4,17H2,1-3H3,(H,28,32)/t19-/m1/s1. The van der Waals surface area contributed by atoms with Crippen molar-refractivity contribution in [2.75, 3.05) is 11.1 Å². The monoisotopic (exact) mass is 457 g/mol. The van der Waals surface area contributed by atoms with Crippen molar-refractivity contribution in [2.45, 2.75) is 38.3 Å². The summed E-state index contributed by atoms with van der Waals surface area (Å²) in [6.07, 6.45) is 4.58. The van der Waals surface area contributed by atoms with Crippen LogP contribution in [0.3, 0.4) is 0 Å². The van der Waals surface area contributed by atoms with E-state index in [-0.39, 0.29) is 11.7 Å². The van der Waals surface area contributed by atoms with Crippen molar-refractivity contribution < 1.29 is 4.79 Å². The van der Waals surface area contributed by atoms with Gasteiger partial charge in [-0.05, 0) is 61.2 Å². The number of benzene rings is 2. The molecule has 1 amide bonds. The van der Waals surface area contributed by atoms with Crippen molar-refractivity contribution in [3.63, 3.8) is 0 Å². The Labute approximate surface area is 198 Å². The van der Waals surface area contributed by atoms with Gasteiger partial charge in [-0.25, -0.2) is 0 Å². The van der Waals surface area contributed by atoms with Gasteiger partial charge in [0.15, 0.2) is 11.0 Å². The highest BCUT2D eigenvalue weighted by atomic mass is 32.2. The molecule has 0 fully saturated rings. The molecule has 7 heteroatoms. The van der Waals surface area contributed by atoms with Gasteiger partial charge in [0.1, 0.15) is 0 Å². The second-order valence-electron chi connectivity index (χ2n) is 7.99. The maximum atomic E-state index is 12.6. The summed E-state index contributed by atoms with van der Waals surface area (Å²) in [6.45, 7) is 6.42. The molecule has 2 heterocycles. The summed E-state index contributed by atoms with van der Waals surface area (Å²) in [5.41, 5.74) is 5.04. The number of nitrogens with zero attached hydrogens (tertiary/aromatic N) is 4. The molecule has 2 aromatic heterocycles. The van der Waals surface area contributed by atoms with E-state index in [1.54, 1.807) is 12.4 Å². The summed E-state index contributed by atoms with van der Waals surface area (Å²) >= 11 is 1.36. The largest absolute Gasteiger partial charge is 0.325 e. The first-order valence-electron chi connectivity index (χ1n) is 11.0. The molecular formula is C26H27N5OS. The number of carbonyl (C=O) groups excluding carboxylic acids is 1. The van der Waals surface area contributed by atoms with E-state index in [2.05, 4.69) is 46.5 Å². The zero-order valence-electron chi connectivity index (χ0n) is 19.0. The smallest absolute Gasteiger partial charge is 0.234 e. The van der Waals surface area contributed by atoms with Crippen molar-refractivity contribution in [3.8, 4) is 17.1 Å². The average molecular weight is 458 g/mol. The van der Waals surface area contributed by atoms with Crippen LogP contribution in [0.1, 0.15) is 37.3 Å². The third kappa shape index (κ3) is 5.49. The van der Waals surface area contributed by atoms with Gasteiger partial charge in [-0.3, -0.25) is 14.3 Å². The minimum absolute atomic E-state index is 0.0855. The highest BCUT2D eigenvalue weighted by Gasteiger charge is 2.17. The Hall–Kier alpha value is -3.45. The Bertz CT molecular complexity index is 1200. The Kier molecular flexibility index (Phi) is 7.19. The van der Waals surface area contributed by atoms with Gasteiger partial charge in [-0.15, -0.1) is 10.2 Å². The lowest BCUT2D eigenvalue weighted by atomic mass is 9.99. The third-order valence-corrected chi connectivity index (χ3v) is 6.48. The Morgan fingerprint density at radius 1 is 1.06 bits per heavy atom. The zero-order chi connectivity index (χ0) is 23.2. The Morgan fingerprint density at radius 3 is 2.48 bits per heavy atom. The van der Waals surface area contributed by atoms with Gasteiger partial charge >= 0.3 is 0 Å². The molecule has 0 spiro atoms. The van der Waals surface area contributed by atoms with Crippen molar-refractivity contribution in [3.05, 3.63) is 84.2 Å². The van der Waals surface area contributed by atoms with Crippen LogP contribution in [0.25, 0.3) is 17.1 Å². The number of pyridine rings is 1. The average Bonchev–Trinajstić information content (AvgIpc) is 3.28. The van der Waals surface area contributed by atoms with E-state index in [0.29, 0.717) is 16.9 Å². The fourth-order valence-electron chi connectivity index (χ4n) is 3.43. The zero-order valence-corrected chi connectivity index (χ0v) is 19.8. The summed E-state index contributed by atoms with van der Waals surface area (Å²) in [7, 11) is 0. The van der Waals surface area contributed by atoms with Crippen LogP contribution >= 0.6 is 11.8 Å². The van der Waals surface area contributed by atoms with Gasteiger partial charge in [0.25, 0.3) is 0 Å². The van der Waals surface area contributed by atoms with Crippen LogP contribution in [0.15, 0.2) is 78.2 Å². The van der Waals surface area contributed by atoms with E-state index in [4.69, 9.17) is 0 Å². The Balaban J connectivity index is 1.51. The fraction of sp³-hybridized carbons (Fsp3) is 0.231. The van der Waals surface area contributed by atoms with Crippen LogP contribution in [0.5, 0.6) is 0 Å². The number of anilines is 1. The predicted molar refractivity (Wildman–Crippen MR) is 134 cm³/mol. The molecule has 4 rings (SSSR count). The molecule has 0 saturated heterocycles. The molecule has 0 radical (unpaired) electrons. The molecule has 6 nitrogen and oxygen atoms in total. The molecule has 33 heavy (non-hydrogen) atoms. The summed E-state index contributed by atoms with van der Waals surface area (Å²) in [6, 6.07) is 20.0. The van der Waals surface area contributed by atoms with Crippen LogP contribution in [-0.2, 0) is 4.79 Å². The van der Waals surface area contributed by atoms with Crippen LogP contribution in [0, 0.1) is 6.92 Å². The minimum atomic E-state index is -0.0855. The quantitative estimate of drug-likeness (QED) is 0.334. The first-order valence-corrected chi connectivity index (χ1v) is 12.0. The second kappa shape index (κ2) is 10.4. The van der Waals surface area contributed by atoms with Gasteiger partial charge in [0.05, 0.1) is 5.75 Å². The topological polar surface area (TPSA) is 72.7 Å². The van der Waals surface area contributed by atoms with E-state index in [0.717, 1.165) is 23.4 Å². The molecule has 0 bridgehead atoms. The van der Waals surface area contributed by atoms with E-state index < -0.39 is 0 Å². The van der Waals surface area contributed by atoms with Crippen molar-refractivity contribution in [1.29, 1.82) is 0 Å². The highest BCUT2D eigenvalue weighted by Crippen LogP contribution is 2.28. The molecule has 4 aromatic rings. The number of aromatic nitrogens is 4. The molecule has 0 aliphatic rings. The van der Waals surface area contributed by atoms with Gasteiger partial charge in [-0.1, -0.05) is 55.4 Å². The molecule has 168 valence electrons. The molecule has 0 aliphatic carbocycles. The van der Waals surface area contributed by atoms with E-state index in [9.17, 15) is 4.79 Å². The van der Waals surface area contributed by atoms with Gasteiger partial charge in [0, 0.05) is 29.3 Å². The SMILES string of the molecule is CC[C@@H](C)c1ccc(NC(=O)CSc2nnc(-c3cccnc3)n2-c2ccc(C)cc2)cc1. The van der Waals surface area contributed by atoms with Gasteiger partial charge in [-0.2, -0.15) is 0 Å². The number of thioether (sulfide) groups is 1. The first-order chi connectivity index (χ1) is 16.0. The van der Waals surface area contributed by atoms with E-state index >= 15 is 0 Å². The van der Waals surface area contributed by atoms with Crippen LogP contribution in [-0.4, -0.2) is 31.4 Å². The molecule has 0 aliphatic heterocycles. The molecule has 1 N–H and O–H groups in total. The van der Waals surface area contributed by atoms with Crippen LogP contribution < -0.4 is 5.32 Å². The molecule has 0 saturated carbocycles. The van der Waals surface area contributed by atoms with Crippen molar-refractivity contribution in [2.24, 2.45) is 0 Å². The fourth-order valence-corrected chi connectivity index (χ4v) is 4.18. The number of nitrogens with one attached hydrogen (secondary N) is 1. The number of carbonyl (C=O) groups is 1. The minimum Gasteiger partial charge on any atom is -0.325 e. The lowest BCUT2D eigenvalue weighted by Gasteiger charge is -2.11. The van der Waals surface area contributed by atoms with Crippen LogP contribution in [0.4, 0.5) is 5.69 Å². The van der Waals surface area contributed by atoms with Crippen molar-refractivity contribution in [1.82, 2.24) is 19.7 Å². The summed E-state index contributed by atoms with van der Waals surface area (Å²) in [5, 5.41) is 12.4. The number of hydrogen-bond acceptors (Lipinski definition) is 5. The van der Waals surface area contributed by atoms with Gasteiger partial charge in [0.2, 0.25) is 5.91 Å². The normalized spacial score (nSPS) is 11.8. The number of hydrogen-bond donors (Lipinski definition) is 1. The lowest BCUT2D eigenvalue weighted by molar-refractivity contribution is -0.113.